The van der Waals surface area contributed by atoms with E-state index in [1.807, 2.05) is 27.8 Å². The number of carbonyl (C=O) groups is 1. The van der Waals surface area contributed by atoms with Crippen LogP contribution in [0, 0.1) is 0 Å². The molecular formula is C24H32N6O4. The number of benzene rings is 1. The molecule has 0 unspecified atom stereocenters. The predicted octanol–water partition coefficient (Wildman–Crippen LogP) is 2.98. The van der Waals surface area contributed by atoms with Crippen molar-refractivity contribution in [2.75, 3.05) is 40.4 Å². The van der Waals surface area contributed by atoms with Gasteiger partial charge in [-0.05, 0) is 60.5 Å². The minimum atomic E-state index is -0.259. The van der Waals surface area contributed by atoms with E-state index in [0.29, 0.717) is 43.4 Å². The highest BCUT2D eigenvalue weighted by molar-refractivity contribution is 5.91. The normalized spacial score (nSPS) is 15.9. The van der Waals surface area contributed by atoms with Crippen molar-refractivity contribution >= 4 is 5.91 Å². The molecule has 1 atom stereocenters. The van der Waals surface area contributed by atoms with Crippen LogP contribution in [0.2, 0.25) is 0 Å². The third-order valence-corrected chi connectivity index (χ3v) is 6.60. The van der Waals surface area contributed by atoms with Crippen molar-refractivity contribution in [1.29, 1.82) is 0 Å². The van der Waals surface area contributed by atoms with Crippen molar-refractivity contribution in [1.82, 2.24) is 30.0 Å². The van der Waals surface area contributed by atoms with Gasteiger partial charge in [-0.25, -0.2) is 4.68 Å². The van der Waals surface area contributed by atoms with Gasteiger partial charge >= 0.3 is 0 Å². The van der Waals surface area contributed by atoms with E-state index in [1.165, 1.54) is 6.26 Å². The van der Waals surface area contributed by atoms with E-state index in [1.54, 1.807) is 26.4 Å². The standard InChI is InChI=1S/C24H32N6O4/c1-6-24(2,3)30-22(25-26-27-30)21(17-9-10-18(32-4)20(16-17)33-5)28-11-13-29(14-12-28)23(31)19-8-7-15-34-19/h7-10,15-16,21H,6,11-14H2,1-5H3/t21-/m0/s1. The molecule has 0 aliphatic carbocycles. The molecule has 1 saturated heterocycles. The van der Waals surface area contributed by atoms with E-state index in [9.17, 15) is 4.79 Å². The molecule has 0 saturated carbocycles. The Morgan fingerprint density at radius 3 is 2.47 bits per heavy atom. The van der Waals surface area contributed by atoms with Gasteiger partial charge in [-0.2, -0.15) is 0 Å². The number of furan rings is 1. The van der Waals surface area contributed by atoms with Crippen molar-refractivity contribution in [2.45, 2.75) is 38.8 Å². The molecule has 10 nitrogen and oxygen atoms in total. The Hall–Kier alpha value is -3.40. The first kappa shape index (κ1) is 23.7. The van der Waals surface area contributed by atoms with E-state index in [4.69, 9.17) is 13.9 Å². The first-order valence-electron chi connectivity index (χ1n) is 11.5. The lowest BCUT2D eigenvalue weighted by atomic mass is 9.98. The van der Waals surface area contributed by atoms with Gasteiger partial charge in [0.05, 0.1) is 32.1 Å². The Labute approximate surface area is 199 Å². The second-order valence-electron chi connectivity index (χ2n) is 8.94. The number of aromatic nitrogens is 4. The maximum absolute atomic E-state index is 12.8. The van der Waals surface area contributed by atoms with Gasteiger partial charge in [0, 0.05) is 26.2 Å². The van der Waals surface area contributed by atoms with E-state index in [0.717, 1.165) is 17.8 Å². The lowest BCUT2D eigenvalue weighted by molar-refractivity contribution is 0.0555. The molecule has 10 heteroatoms. The van der Waals surface area contributed by atoms with Crippen LogP contribution in [0.1, 0.15) is 55.2 Å². The van der Waals surface area contributed by atoms with Crippen molar-refractivity contribution < 1.29 is 18.7 Å². The number of piperazine rings is 1. The number of tetrazole rings is 1. The summed E-state index contributed by atoms with van der Waals surface area (Å²) >= 11 is 0. The molecule has 4 rings (SSSR count). The van der Waals surface area contributed by atoms with Gasteiger partial charge in [-0.1, -0.05) is 13.0 Å². The summed E-state index contributed by atoms with van der Waals surface area (Å²) in [5.74, 6) is 2.32. The van der Waals surface area contributed by atoms with Gasteiger partial charge in [-0.15, -0.1) is 5.10 Å². The molecule has 0 bridgehead atoms. The van der Waals surface area contributed by atoms with Crippen LogP contribution in [-0.4, -0.2) is 76.3 Å². The molecule has 0 N–H and O–H groups in total. The Morgan fingerprint density at radius 2 is 1.85 bits per heavy atom. The number of methoxy groups -OCH3 is 2. The maximum atomic E-state index is 12.8. The van der Waals surface area contributed by atoms with E-state index >= 15 is 0 Å². The number of ether oxygens (including phenoxy) is 2. The maximum Gasteiger partial charge on any atom is 0.289 e. The molecule has 1 fully saturated rings. The van der Waals surface area contributed by atoms with E-state index < -0.39 is 0 Å². The van der Waals surface area contributed by atoms with E-state index in [2.05, 4.69) is 41.2 Å². The highest BCUT2D eigenvalue weighted by atomic mass is 16.5. The van der Waals surface area contributed by atoms with Crippen LogP contribution in [0.5, 0.6) is 11.5 Å². The molecule has 2 aromatic heterocycles. The Morgan fingerprint density at radius 1 is 1.12 bits per heavy atom. The predicted molar refractivity (Wildman–Crippen MR) is 125 cm³/mol. The van der Waals surface area contributed by atoms with Gasteiger partial charge in [0.25, 0.3) is 5.91 Å². The van der Waals surface area contributed by atoms with Crippen molar-refractivity contribution in [3.05, 3.63) is 53.7 Å². The van der Waals surface area contributed by atoms with Gasteiger partial charge < -0.3 is 18.8 Å². The van der Waals surface area contributed by atoms with Crippen LogP contribution in [0.3, 0.4) is 0 Å². The Kier molecular flexibility index (Phi) is 6.87. The zero-order valence-electron chi connectivity index (χ0n) is 20.4. The zero-order valence-corrected chi connectivity index (χ0v) is 20.4. The fraction of sp³-hybridized carbons (Fsp3) is 0.500. The molecule has 1 aliphatic rings. The SMILES string of the molecule is CCC(C)(C)n1nnnc1[C@H](c1ccc(OC)c(OC)c1)N1CCN(C(=O)c2ccco2)CC1. The van der Waals surface area contributed by atoms with Crippen LogP contribution in [0.4, 0.5) is 0 Å². The minimum absolute atomic E-state index is 0.0933. The monoisotopic (exact) mass is 468 g/mol. The molecule has 0 radical (unpaired) electrons. The van der Waals surface area contributed by atoms with Crippen LogP contribution < -0.4 is 9.47 Å². The summed E-state index contributed by atoms with van der Waals surface area (Å²) in [6, 6.07) is 9.10. The third-order valence-electron chi connectivity index (χ3n) is 6.60. The fourth-order valence-corrected chi connectivity index (χ4v) is 4.23. The summed E-state index contributed by atoms with van der Waals surface area (Å²) in [5, 5.41) is 12.9. The quantitative estimate of drug-likeness (QED) is 0.498. The molecular weight excluding hydrogens is 436 g/mol. The number of hydrogen-bond donors (Lipinski definition) is 0. The number of hydrogen-bond acceptors (Lipinski definition) is 8. The molecule has 0 spiro atoms. The highest BCUT2D eigenvalue weighted by Gasteiger charge is 2.35. The van der Waals surface area contributed by atoms with Crippen LogP contribution >= 0.6 is 0 Å². The highest BCUT2D eigenvalue weighted by Crippen LogP contribution is 2.36. The van der Waals surface area contributed by atoms with Crippen LogP contribution in [0.15, 0.2) is 41.0 Å². The first-order chi connectivity index (χ1) is 16.4. The molecule has 182 valence electrons. The summed E-state index contributed by atoms with van der Waals surface area (Å²) in [6.45, 7) is 8.83. The molecule has 3 heterocycles. The van der Waals surface area contributed by atoms with Gasteiger partial charge in [0.1, 0.15) is 0 Å². The summed E-state index contributed by atoms with van der Waals surface area (Å²) in [7, 11) is 3.24. The summed E-state index contributed by atoms with van der Waals surface area (Å²) < 4.78 is 18.2. The largest absolute Gasteiger partial charge is 0.493 e. The van der Waals surface area contributed by atoms with Crippen molar-refractivity contribution in [3.8, 4) is 11.5 Å². The molecule has 1 aliphatic heterocycles. The van der Waals surface area contributed by atoms with Crippen molar-refractivity contribution in [2.24, 2.45) is 0 Å². The van der Waals surface area contributed by atoms with Crippen LogP contribution in [-0.2, 0) is 5.54 Å². The second kappa shape index (κ2) is 9.84. The second-order valence-corrected chi connectivity index (χ2v) is 8.94. The molecule has 3 aromatic rings. The van der Waals surface area contributed by atoms with Crippen molar-refractivity contribution in [3.63, 3.8) is 0 Å². The zero-order chi connectivity index (χ0) is 24.3. The smallest absolute Gasteiger partial charge is 0.289 e. The topological polar surface area (TPSA) is 98.7 Å². The number of amides is 1. The molecule has 1 amide bonds. The molecule has 34 heavy (non-hydrogen) atoms. The lowest BCUT2D eigenvalue weighted by Crippen LogP contribution is -2.50. The number of rotatable bonds is 8. The Balaban J connectivity index is 1.68. The van der Waals surface area contributed by atoms with Gasteiger partial charge in [0.2, 0.25) is 0 Å². The molecule has 1 aromatic carbocycles. The van der Waals surface area contributed by atoms with Crippen LogP contribution in [0.25, 0.3) is 0 Å². The van der Waals surface area contributed by atoms with Gasteiger partial charge in [0.15, 0.2) is 23.1 Å². The summed E-state index contributed by atoms with van der Waals surface area (Å²) in [6.07, 6.45) is 2.39. The Bertz CT molecular complexity index is 1100. The van der Waals surface area contributed by atoms with E-state index in [-0.39, 0.29) is 17.5 Å². The first-order valence-corrected chi connectivity index (χ1v) is 11.5. The average molecular weight is 469 g/mol. The van der Waals surface area contributed by atoms with Gasteiger partial charge in [-0.3, -0.25) is 9.69 Å². The minimum Gasteiger partial charge on any atom is -0.493 e. The number of nitrogens with zero attached hydrogens (tertiary/aromatic N) is 6. The lowest BCUT2D eigenvalue weighted by Gasteiger charge is -2.39. The number of carbonyl (C=O) groups excluding carboxylic acids is 1. The third kappa shape index (κ3) is 4.50. The fourth-order valence-electron chi connectivity index (χ4n) is 4.23. The average Bonchev–Trinajstić information content (AvgIpc) is 3.57. The summed E-state index contributed by atoms with van der Waals surface area (Å²) in [4.78, 5) is 16.9. The summed E-state index contributed by atoms with van der Waals surface area (Å²) in [5.41, 5.74) is 0.733.